The number of allylic oxidation sites excluding steroid dienone is 2. The number of rotatable bonds is 6. The summed E-state index contributed by atoms with van der Waals surface area (Å²) in [6.07, 6.45) is 11.2. The summed E-state index contributed by atoms with van der Waals surface area (Å²) in [6, 6.07) is 1.99. The Morgan fingerprint density at radius 1 is 1.40 bits per heavy atom. The molecule has 1 aromatic rings. The molecule has 0 aliphatic heterocycles. The molecule has 0 saturated carbocycles. The molecule has 20 heavy (non-hydrogen) atoms. The molecule has 1 heterocycles. The van der Waals surface area contributed by atoms with Crippen LogP contribution in [0.3, 0.4) is 0 Å². The summed E-state index contributed by atoms with van der Waals surface area (Å²) in [6.45, 7) is 2.40. The van der Waals surface area contributed by atoms with E-state index in [1.54, 1.807) is 13.3 Å². The van der Waals surface area contributed by atoms with Gasteiger partial charge < -0.3 is 9.64 Å². The largest absolute Gasteiger partial charge is 0.383 e. The highest BCUT2D eigenvalue weighted by atomic mass is 16.5. The van der Waals surface area contributed by atoms with Gasteiger partial charge in [-0.1, -0.05) is 12.2 Å². The molecule has 0 bridgehead atoms. The van der Waals surface area contributed by atoms with Gasteiger partial charge in [-0.3, -0.25) is 0 Å². The second kappa shape index (κ2) is 7.61. The Hall–Kier alpha value is -1.93. The van der Waals surface area contributed by atoms with E-state index in [1.807, 2.05) is 6.07 Å². The van der Waals surface area contributed by atoms with Crippen molar-refractivity contribution in [1.82, 2.24) is 9.97 Å². The summed E-state index contributed by atoms with van der Waals surface area (Å²) in [5, 5.41) is 8.78. The molecule has 5 nitrogen and oxygen atoms in total. The van der Waals surface area contributed by atoms with Crippen LogP contribution in [0, 0.1) is 17.2 Å². The van der Waals surface area contributed by atoms with Crippen molar-refractivity contribution in [1.29, 1.82) is 5.26 Å². The lowest BCUT2D eigenvalue weighted by Gasteiger charge is -2.28. The quantitative estimate of drug-likeness (QED) is 0.743. The van der Waals surface area contributed by atoms with Crippen LogP contribution in [0.5, 0.6) is 0 Å². The minimum Gasteiger partial charge on any atom is -0.383 e. The van der Waals surface area contributed by atoms with Gasteiger partial charge in [0.25, 0.3) is 0 Å². The van der Waals surface area contributed by atoms with Crippen LogP contribution in [0.15, 0.2) is 24.5 Å². The molecule has 5 heteroatoms. The first-order chi connectivity index (χ1) is 9.83. The first kappa shape index (κ1) is 14.5. The number of aromatic nitrogens is 2. The van der Waals surface area contributed by atoms with E-state index < -0.39 is 0 Å². The molecular formula is C15H20N4O. The third-order valence-corrected chi connectivity index (χ3v) is 3.50. The van der Waals surface area contributed by atoms with E-state index in [4.69, 9.17) is 10.00 Å². The highest BCUT2D eigenvalue weighted by Crippen LogP contribution is 2.21. The highest BCUT2D eigenvalue weighted by Gasteiger charge is 2.16. The van der Waals surface area contributed by atoms with E-state index in [0.717, 1.165) is 31.7 Å². The molecule has 2 rings (SSSR count). The number of anilines is 1. The Balaban J connectivity index is 2.04. The normalized spacial score (nSPS) is 17.7. The molecule has 0 saturated heterocycles. The zero-order valence-electron chi connectivity index (χ0n) is 11.8. The van der Waals surface area contributed by atoms with Crippen LogP contribution >= 0.6 is 0 Å². The lowest BCUT2D eigenvalue weighted by Crippen LogP contribution is -2.33. The van der Waals surface area contributed by atoms with E-state index >= 15 is 0 Å². The van der Waals surface area contributed by atoms with Crippen LogP contribution in [-0.4, -0.2) is 36.8 Å². The second-order valence-electron chi connectivity index (χ2n) is 4.96. The van der Waals surface area contributed by atoms with Crippen LogP contribution in [0.4, 0.5) is 5.82 Å². The van der Waals surface area contributed by atoms with Gasteiger partial charge in [0.15, 0.2) is 5.69 Å². The van der Waals surface area contributed by atoms with Gasteiger partial charge in [0.1, 0.15) is 11.9 Å². The van der Waals surface area contributed by atoms with Crippen LogP contribution < -0.4 is 4.90 Å². The first-order valence-corrected chi connectivity index (χ1v) is 6.94. The average molecular weight is 272 g/mol. The molecule has 1 aliphatic rings. The molecule has 1 unspecified atom stereocenters. The highest BCUT2D eigenvalue weighted by molar-refractivity contribution is 5.37. The van der Waals surface area contributed by atoms with Crippen LogP contribution in [0.2, 0.25) is 0 Å². The van der Waals surface area contributed by atoms with E-state index in [9.17, 15) is 0 Å². The summed E-state index contributed by atoms with van der Waals surface area (Å²) < 4.78 is 5.17. The molecule has 0 spiro atoms. The Labute approximate surface area is 119 Å². The molecular weight excluding hydrogens is 252 g/mol. The van der Waals surface area contributed by atoms with Gasteiger partial charge in [0.05, 0.1) is 19.0 Å². The van der Waals surface area contributed by atoms with Crippen molar-refractivity contribution < 1.29 is 4.74 Å². The minimum absolute atomic E-state index is 0.348. The smallest absolute Gasteiger partial charge is 0.158 e. The van der Waals surface area contributed by atoms with Gasteiger partial charge in [-0.15, -0.1) is 0 Å². The van der Waals surface area contributed by atoms with Crippen molar-refractivity contribution in [3.05, 3.63) is 30.2 Å². The number of nitriles is 1. The Kier molecular flexibility index (Phi) is 5.51. The minimum atomic E-state index is 0.348. The van der Waals surface area contributed by atoms with Crippen molar-refractivity contribution in [2.24, 2.45) is 5.92 Å². The van der Waals surface area contributed by atoms with Crippen LogP contribution in [-0.2, 0) is 4.74 Å². The van der Waals surface area contributed by atoms with Gasteiger partial charge in [0.2, 0.25) is 0 Å². The third-order valence-electron chi connectivity index (χ3n) is 3.50. The standard InChI is InChI=1S/C15H20N4O/c1-20-8-7-19(12-13-5-3-2-4-6-13)15-11-17-14(9-16)10-18-15/h2-3,10-11,13H,4-8,12H2,1H3. The van der Waals surface area contributed by atoms with Crippen molar-refractivity contribution >= 4 is 5.82 Å². The van der Waals surface area contributed by atoms with Gasteiger partial charge in [-0.2, -0.15) is 5.26 Å². The summed E-state index contributed by atoms with van der Waals surface area (Å²) in [5.74, 6) is 1.46. The predicted octanol–water partition coefficient (Wildman–Crippen LogP) is 2.16. The van der Waals surface area contributed by atoms with E-state index in [1.165, 1.54) is 12.6 Å². The fraction of sp³-hybridized carbons (Fsp3) is 0.533. The zero-order valence-corrected chi connectivity index (χ0v) is 11.8. The Bertz CT molecular complexity index is 478. The maximum atomic E-state index is 8.78. The SMILES string of the molecule is COCCN(CC1CC=CCC1)c1cnc(C#N)cn1. The maximum Gasteiger partial charge on any atom is 0.158 e. The predicted molar refractivity (Wildman–Crippen MR) is 77.3 cm³/mol. The molecule has 106 valence electrons. The van der Waals surface area contributed by atoms with E-state index in [0.29, 0.717) is 18.2 Å². The van der Waals surface area contributed by atoms with E-state index in [-0.39, 0.29) is 0 Å². The number of ether oxygens (including phenoxy) is 1. The molecule has 1 aromatic heterocycles. The van der Waals surface area contributed by atoms with Gasteiger partial charge in [0, 0.05) is 20.2 Å². The lowest BCUT2D eigenvalue weighted by atomic mass is 9.94. The number of methoxy groups -OCH3 is 1. The number of hydrogen-bond donors (Lipinski definition) is 0. The monoisotopic (exact) mass is 272 g/mol. The van der Waals surface area contributed by atoms with Crippen molar-refractivity contribution in [3.8, 4) is 6.07 Å². The summed E-state index contributed by atoms with van der Waals surface area (Å²) >= 11 is 0. The number of nitrogens with zero attached hydrogens (tertiary/aromatic N) is 4. The zero-order chi connectivity index (χ0) is 14.2. The van der Waals surface area contributed by atoms with Crippen molar-refractivity contribution in [2.75, 3.05) is 31.7 Å². The molecule has 0 fully saturated rings. The van der Waals surface area contributed by atoms with E-state index in [2.05, 4.69) is 27.0 Å². The Morgan fingerprint density at radius 2 is 2.30 bits per heavy atom. The topological polar surface area (TPSA) is 62.0 Å². The van der Waals surface area contributed by atoms with Crippen molar-refractivity contribution in [3.63, 3.8) is 0 Å². The van der Waals surface area contributed by atoms with Crippen LogP contribution in [0.25, 0.3) is 0 Å². The summed E-state index contributed by atoms with van der Waals surface area (Å²) in [7, 11) is 1.70. The molecule has 0 radical (unpaired) electrons. The molecule has 0 amide bonds. The summed E-state index contributed by atoms with van der Waals surface area (Å²) in [4.78, 5) is 10.6. The fourth-order valence-electron chi connectivity index (χ4n) is 2.38. The van der Waals surface area contributed by atoms with Gasteiger partial charge in [-0.05, 0) is 25.2 Å². The van der Waals surface area contributed by atoms with Gasteiger partial charge >= 0.3 is 0 Å². The average Bonchev–Trinajstić information content (AvgIpc) is 2.52. The maximum absolute atomic E-state index is 8.78. The first-order valence-electron chi connectivity index (χ1n) is 6.94. The van der Waals surface area contributed by atoms with Gasteiger partial charge in [-0.25, -0.2) is 9.97 Å². The third kappa shape index (κ3) is 4.04. The molecule has 0 N–H and O–H groups in total. The number of hydrogen-bond acceptors (Lipinski definition) is 5. The molecule has 1 aliphatic carbocycles. The van der Waals surface area contributed by atoms with Crippen molar-refractivity contribution in [2.45, 2.75) is 19.3 Å². The lowest BCUT2D eigenvalue weighted by molar-refractivity contribution is 0.203. The van der Waals surface area contributed by atoms with Crippen LogP contribution in [0.1, 0.15) is 25.0 Å². The second-order valence-corrected chi connectivity index (χ2v) is 4.96. The molecule has 1 atom stereocenters. The molecule has 0 aromatic carbocycles. The summed E-state index contributed by atoms with van der Waals surface area (Å²) in [5.41, 5.74) is 0.348. The fourth-order valence-corrected chi connectivity index (χ4v) is 2.38. The Morgan fingerprint density at radius 3 is 2.90 bits per heavy atom.